The number of hydrogen-bond donors (Lipinski definition) is 1. The minimum atomic E-state index is -1.16. The van der Waals surface area contributed by atoms with Crippen LogP contribution in [0.5, 0.6) is 0 Å². The number of nitrogens with zero attached hydrogens (tertiary/aromatic N) is 1. The highest BCUT2D eigenvalue weighted by atomic mass is 19.1. The molecule has 1 aliphatic rings. The number of halogens is 1. The number of aliphatic hydroxyl groups is 1. The van der Waals surface area contributed by atoms with Gasteiger partial charge in [0.25, 0.3) is 5.91 Å². The van der Waals surface area contributed by atoms with Crippen LogP contribution in [-0.2, 0) is 9.59 Å². The second kappa shape index (κ2) is 5.12. The zero-order valence-electron chi connectivity index (χ0n) is 10.5. The molecule has 1 aliphatic heterocycles. The Balaban J connectivity index is 2.80. The van der Waals surface area contributed by atoms with Gasteiger partial charge in [-0.2, -0.15) is 0 Å². The molecule has 0 aliphatic carbocycles. The van der Waals surface area contributed by atoms with Gasteiger partial charge in [-0.25, -0.2) is 0 Å². The number of rotatable bonds is 3. The summed E-state index contributed by atoms with van der Waals surface area (Å²) in [5.41, 5.74) is -0.585. The van der Waals surface area contributed by atoms with E-state index >= 15 is 0 Å². The molecule has 1 amide bonds. The maximum Gasteiger partial charge on any atom is 0.252 e. The summed E-state index contributed by atoms with van der Waals surface area (Å²) in [6.07, 6.45) is -0.0872. The summed E-state index contributed by atoms with van der Waals surface area (Å²) >= 11 is 0. The molecule has 1 saturated heterocycles. The lowest BCUT2D eigenvalue weighted by Crippen LogP contribution is -2.48. The minimum absolute atomic E-state index is 0.337. The van der Waals surface area contributed by atoms with Gasteiger partial charge in [0.2, 0.25) is 0 Å². The van der Waals surface area contributed by atoms with Crippen molar-refractivity contribution in [3.05, 3.63) is 0 Å². The Kier molecular flexibility index (Phi) is 4.25. The lowest BCUT2D eigenvalue weighted by atomic mass is 9.88. The average Bonchev–Trinajstić information content (AvgIpc) is 2.68. The lowest BCUT2D eigenvalue weighted by molar-refractivity contribution is -0.148. The van der Waals surface area contributed by atoms with Crippen LogP contribution in [0, 0.1) is 11.3 Å². The SMILES string of the molecule is CC(C)(C)[C@H](O)C(=O)N1CCC(CF)C1C=O. The van der Waals surface area contributed by atoms with Crippen LogP contribution in [0.1, 0.15) is 27.2 Å². The monoisotopic (exact) mass is 245 g/mol. The third-order valence-corrected chi connectivity index (χ3v) is 3.26. The number of amides is 1. The van der Waals surface area contributed by atoms with E-state index in [-0.39, 0.29) is 0 Å². The summed E-state index contributed by atoms with van der Waals surface area (Å²) in [5.74, 6) is -0.908. The van der Waals surface area contributed by atoms with Gasteiger partial charge in [-0.05, 0) is 11.8 Å². The molecule has 1 fully saturated rings. The summed E-state index contributed by atoms with van der Waals surface area (Å²) in [4.78, 5) is 24.2. The Hall–Kier alpha value is -0.970. The molecule has 4 nitrogen and oxygen atoms in total. The lowest BCUT2D eigenvalue weighted by Gasteiger charge is -2.31. The highest BCUT2D eigenvalue weighted by Gasteiger charge is 2.41. The fourth-order valence-electron chi connectivity index (χ4n) is 2.02. The maximum absolute atomic E-state index is 12.6. The van der Waals surface area contributed by atoms with E-state index in [0.29, 0.717) is 19.3 Å². The van der Waals surface area contributed by atoms with Crippen molar-refractivity contribution in [2.45, 2.75) is 39.3 Å². The molecule has 0 bridgehead atoms. The van der Waals surface area contributed by atoms with Gasteiger partial charge in [0, 0.05) is 12.5 Å². The van der Waals surface area contributed by atoms with E-state index in [9.17, 15) is 19.1 Å². The van der Waals surface area contributed by atoms with Gasteiger partial charge in [-0.1, -0.05) is 20.8 Å². The topological polar surface area (TPSA) is 57.6 Å². The first kappa shape index (κ1) is 14.1. The van der Waals surface area contributed by atoms with Crippen molar-refractivity contribution in [2.24, 2.45) is 11.3 Å². The highest BCUT2D eigenvalue weighted by Crippen LogP contribution is 2.28. The standard InChI is InChI=1S/C12H20FNO3/c1-12(2,3)10(16)11(17)14-5-4-8(6-13)9(14)7-15/h7-10,16H,4-6H2,1-3H3/t8?,9?,10-/m1/s1. The predicted octanol–water partition coefficient (Wildman–Crippen LogP) is 0.779. The van der Waals surface area contributed by atoms with Gasteiger partial charge in [0.1, 0.15) is 12.4 Å². The third-order valence-electron chi connectivity index (χ3n) is 3.26. The van der Waals surface area contributed by atoms with Crippen LogP contribution in [0.15, 0.2) is 0 Å². The Morgan fingerprint density at radius 3 is 2.59 bits per heavy atom. The summed E-state index contributed by atoms with van der Waals surface area (Å²) in [6.45, 7) is 4.96. The van der Waals surface area contributed by atoms with E-state index in [1.165, 1.54) is 4.90 Å². The van der Waals surface area contributed by atoms with Crippen LogP contribution in [0.2, 0.25) is 0 Å². The molecule has 0 aromatic carbocycles. The predicted molar refractivity (Wildman–Crippen MR) is 61.1 cm³/mol. The van der Waals surface area contributed by atoms with Crippen LogP contribution in [-0.4, -0.2) is 47.6 Å². The van der Waals surface area contributed by atoms with Crippen molar-refractivity contribution in [3.63, 3.8) is 0 Å². The highest BCUT2D eigenvalue weighted by molar-refractivity contribution is 5.84. The van der Waals surface area contributed by atoms with Gasteiger partial charge in [0.05, 0.1) is 12.7 Å². The summed E-state index contributed by atoms with van der Waals surface area (Å²) in [6, 6.07) is -0.732. The number of aliphatic hydroxyl groups excluding tert-OH is 1. The number of carbonyl (C=O) groups excluding carboxylic acids is 2. The first-order valence-corrected chi connectivity index (χ1v) is 5.82. The average molecular weight is 245 g/mol. The Morgan fingerprint density at radius 2 is 2.18 bits per heavy atom. The van der Waals surface area contributed by atoms with Gasteiger partial charge in [-0.15, -0.1) is 0 Å². The van der Waals surface area contributed by atoms with Crippen molar-refractivity contribution < 1.29 is 19.1 Å². The fraction of sp³-hybridized carbons (Fsp3) is 0.833. The summed E-state index contributed by atoms with van der Waals surface area (Å²) in [5, 5.41) is 9.89. The van der Waals surface area contributed by atoms with E-state index in [0.717, 1.165) is 0 Å². The van der Waals surface area contributed by atoms with Gasteiger partial charge >= 0.3 is 0 Å². The van der Waals surface area contributed by atoms with Crippen molar-refractivity contribution in [3.8, 4) is 0 Å². The number of aldehydes is 1. The van der Waals surface area contributed by atoms with Crippen molar-refractivity contribution in [1.82, 2.24) is 4.90 Å². The first-order valence-electron chi connectivity index (χ1n) is 5.82. The molecule has 98 valence electrons. The van der Waals surface area contributed by atoms with E-state index in [4.69, 9.17) is 0 Å². The zero-order chi connectivity index (χ0) is 13.2. The molecular formula is C12H20FNO3. The quantitative estimate of drug-likeness (QED) is 0.747. The molecule has 1 heterocycles. The molecule has 1 N–H and O–H groups in total. The number of likely N-dealkylation sites (tertiary alicyclic amines) is 1. The molecule has 0 aromatic heterocycles. The maximum atomic E-state index is 12.6. The molecular weight excluding hydrogens is 225 g/mol. The Morgan fingerprint density at radius 1 is 1.59 bits per heavy atom. The molecule has 0 radical (unpaired) electrons. The van der Waals surface area contributed by atoms with Crippen LogP contribution in [0.4, 0.5) is 4.39 Å². The van der Waals surface area contributed by atoms with Crippen molar-refractivity contribution in [2.75, 3.05) is 13.2 Å². The molecule has 0 saturated carbocycles. The largest absolute Gasteiger partial charge is 0.383 e. The Labute approximate surface area is 101 Å². The van der Waals surface area contributed by atoms with Crippen LogP contribution in [0.25, 0.3) is 0 Å². The smallest absolute Gasteiger partial charge is 0.252 e. The molecule has 17 heavy (non-hydrogen) atoms. The van der Waals surface area contributed by atoms with Gasteiger partial charge in [-0.3, -0.25) is 9.18 Å². The molecule has 0 aromatic rings. The second-order valence-corrected chi connectivity index (χ2v) is 5.63. The van der Waals surface area contributed by atoms with E-state index in [1.54, 1.807) is 20.8 Å². The molecule has 2 unspecified atom stereocenters. The molecule has 0 spiro atoms. The molecule has 3 atom stereocenters. The second-order valence-electron chi connectivity index (χ2n) is 5.63. The first-order chi connectivity index (χ1) is 7.82. The third kappa shape index (κ3) is 2.83. The summed E-state index contributed by atoms with van der Waals surface area (Å²) in [7, 11) is 0. The number of hydrogen-bond acceptors (Lipinski definition) is 3. The van der Waals surface area contributed by atoms with Gasteiger partial charge in [0.15, 0.2) is 0 Å². The minimum Gasteiger partial charge on any atom is -0.383 e. The van der Waals surface area contributed by atoms with E-state index < -0.39 is 36.1 Å². The number of alkyl halides is 1. The molecule has 5 heteroatoms. The molecule has 1 rings (SSSR count). The summed E-state index contributed by atoms with van der Waals surface area (Å²) < 4.78 is 12.6. The van der Waals surface area contributed by atoms with Crippen LogP contribution < -0.4 is 0 Å². The zero-order valence-corrected chi connectivity index (χ0v) is 10.5. The van der Waals surface area contributed by atoms with Crippen molar-refractivity contribution >= 4 is 12.2 Å². The Bertz CT molecular complexity index is 301. The fourth-order valence-corrected chi connectivity index (χ4v) is 2.02. The van der Waals surface area contributed by atoms with Crippen molar-refractivity contribution in [1.29, 1.82) is 0 Å². The van der Waals surface area contributed by atoms with Crippen LogP contribution >= 0.6 is 0 Å². The van der Waals surface area contributed by atoms with Crippen LogP contribution in [0.3, 0.4) is 0 Å². The van der Waals surface area contributed by atoms with Gasteiger partial charge < -0.3 is 14.8 Å². The normalized spacial score (nSPS) is 27.0. The van der Waals surface area contributed by atoms with E-state index in [1.807, 2.05) is 0 Å². The number of carbonyl (C=O) groups is 2. The van der Waals surface area contributed by atoms with E-state index in [2.05, 4.69) is 0 Å².